The smallest absolute Gasteiger partial charge is 0.345 e. The van der Waals surface area contributed by atoms with Crippen LogP contribution in [0.15, 0.2) is 17.8 Å². The van der Waals surface area contributed by atoms with Crippen LogP contribution in [0, 0.1) is 11.7 Å². The number of carbonyl (C=O) groups excluding carboxylic acids is 2. The van der Waals surface area contributed by atoms with Crippen LogP contribution < -0.4 is 0 Å². The minimum absolute atomic E-state index is 0.0260. The maximum atomic E-state index is 13.5. The van der Waals surface area contributed by atoms with E-state index in [4.69, 9.17) is 32.7 Å². The minimum Gasteiger partial charge on any atom is -0.462 e. The summed E-state index contributed by atoms with van der Waals surface area (Å²) in [7, 11) is 0. The summed E-state index contributed by atoms with van der Waals surface area (Å²) in [6.45, 7) is 3.50. The fraction of sp³-hybridized carbons (Fsp3) is 0.471. The van der Waals surface area contributed by atoms with Crippen molar-refractivity contribution < 1.29 is 23.5 Å². The van der Waals surface area contributed by atoms with Gasteiger partial charge in [-0.2, -0.15) is 0 Å². The summed E-state index contributed by atoms with van der Waals surface area (Å²) in [6, 6.07) is 0. The first kappa shape index (κ1) is 19.7. The fourth-order valence-corrected chi connectivity index (χ4v) is 2.81. The van der Waals surface area contributed by atoms with E-state index in [1.54, 1.807) is 13.8 Å². The van der Waals surface area contributed by atoms with Gasteiger partial charge in [0.1, 0.15) is 5.57 Å². The monoisotopic (exact) mass is 389 g/mol. The van der Waals surface area contributed by atoms with E-state index in [1.165, 1.54) is 6.08 Å². The van der Waals surface area contributed by atoms with Crippen LogP contribution in [0.5, 0.6) is 0 Å². The van der Waals surface area contributed by atoms with Crippen LogP contribution in [0.2, 0.25) is 10.0 Å². The van der Waals surface area contributed by atoms with E-state index in [-0.39, 0.29) is 34.8 Å². The third-order valence-electron chi connectivity index (χ3n) is 3.73. The number of allylic oxidation sites excluding steroid dienone is 1. The topological polar surface area (TPSA) is 65.5 Å². The molecular weight excluding hydrogens is 372 g/mol. The molecule has 1 fully saturated rings. The molecule has 1 heterocycles. The molecule has 0 saturated heterocycles. The van der Waals surface area contributed by atoms with Crippen molar-refractivity contribution in [2.75, 3.05) is 13.2 Å². The Balaban J connectivity index is 2.46. The zero-order valence-corrected chi connectivity index (χ0v) is 15.4. The number of rotatable bonds is 7. The number of ether oxygens (including phenoxy) is 2. The molecule has 1 aliphatic rings. The second kappa shape index (κ2) is 8.63. The highest BCUT2D eigenvalue weighted by Gasteiger charge is 2.36. The molecule has 0 aromatic carbocycles. The molecule has 0 aliphatic heterocycles. The van der Waals surface area contributed by atoms with Gasteiger partial charge in [-0.05, 0) is 32.6 Å². The maximum absolute atomic E-state index is 13.5. The van der Waals surface area contributed by atoms with Crippen LogP contribution in [-0.4, -0.2) is 30.1 Å². The summed E-state index contributed by atoms with van der Waals surface area (Å²) in [6.07, 6.45) is 4.15. The molecule has 1 aliphatic carbocycles. The van der Waals surface area contributed by atoms with Crippen molar-refractivity contribution in [3.8, 4) is 0 Å². The van der Waals surface area contributed by atoms with E-state index in [9.17, 15) is 14.0 Å². The van der Waals surface area contributed by atoms with Crippen molar-refractivity contribution in [1.82, 2.24) is 4.98 Å². The van der Waals surface area contributed by atoms with Gasteiger partial charge in [-0.1, -0.05) is 29.3 Å². The highest BCUT2D eigenvalue weighted by molar-refractivity contribution is 6.42. The normalized spacial score (nSPS) is 14.6. The molecule has 1 saturated carbocycles. The third kappa shape index (κ3) is 4.70. The number of aromatic nitrogens is 1. The van der Waals surface area contributed by atoms with Crippen LogP contribution >= 0.6 is 23.2 Å². The average molecular weight is 390 g/mol. The Labute approximate surface area is 155 Å². The predicted octanol–water partition coefficient (Wildman–Crippen LogP) is 4.07. The van der Waals surface area contributed by atoms with Gasteiger partial charge >= 0.3 is 11.9 Å². The predicted molar refractivity (Wildman–Crippen MR) is 91.0 cm³/mol. The lowest BCUT2D eigenvalue weighted by atomic mass is 9.95. The molecule has 5 nitrogen and oxygen atoms in total. The Kier molecular flexibility index (Phi) is 6.79. The van der Waals surface area contributed by atoms with E-state index >= 15 is 0 Å². The van der Waals surface area contributed by atoms with Crippen molar-refractivity contribution in [1.29, 1.82) is 0 Å². The van der Waals surface area contributed by atoms with Gasteiger partial charge in [0.05, 0.1) is 35.1 Å². The lowest BCUT2D eigenvalue weighted by molar-refractivity contribution is -0.146. The summed E-state index contributed by atoms with van der Waals surface area (Å²) >= 11 is 12.0. The van der Waals surface area contributed by atoms with E-state index in [0.717, 1.165) is 19.0 Å². The first-order valence-electron chi connectivity index (χ1n) is 7.96. The highest BCUT2D eigenvalue weighted by atomic mass is 35.5. The van der Waals surface area contributed by atoms with Crippen LogP contribution in [0.1, 0.15) is 38.3 Å². The van der Waals surface area contributed by atoms with Crippen molar-refractivity contribution in [2.45, 2.75) is 32.6 Å². The second-order valence-electron chi connectivity index (χ2n) is 5.50. The Hall–Kier alpha value is -1.66. The average Bonchev–Trinajstić information content (AvgIpc) is 3.40. The molecule has 136 valence electrons. The Morgan fingerprint density at radius 2 is 1.80 bits per heavy atom. The molecule has 0 spiro atoms. The van der Waals surface area contributed by atoms with Crippen molar-refractivity contribution in [3.63, 3.8) is 0 Å². The Morgan fingerprint density at radius 1 is 1.24 bits per heavy atom. The zero-order chi connectivity index (χ0) is 18.6. The van der Waals surface area contributed by atoms with Gasteiger partial charge in [-0.3, -0.25) is 4.98 Å². The summed E-state index contributed by atoms with van der Waals surface area (Å²) < 4.78 is 23.4. The van der Waals surface area contributed by atoms with Gasteiger partial charge < -0.3 is 9.47 Å². The number of pyridine rings is 1. The zero-order valence-electron chi connectivity index (χ0n) is 13.9. The molecule has 0 amide bonds. The first-order valence-corrected chi connectivity index (χ1v) is 8.71. The molecule has 0 N–H and O–H groups in total. The van der Waals surface area contributed by atoms with Crippen LogP contribution in [0.4, 0.5) is 4.39 Å². The van der Waals surface area contributed by atoms with Gasteiger partial charge in [0.15, 0.2) is 5.82 Å². The van der Waals surface area contributed by atoms with E-state index in [0.29, 0.717) is 5.69 Å². The Morgan fingerprint density at radius 3 is 2.28 bits per heavy atom. The molecule has 1 atom stereocenters. The molecule has 1 aromatic rings. The van der Waals surface area contributed by atoms with E-state index in [1.807, 2.05) is 0 Å². The molecule has 1 unspecified atom stereocenters. The number of hydrogen-bond donors (Lipinski definition) is 0. The summed E-state index contributed by atoms with van der Waals surface area (Å²) in [5, 5.41) is -0.263. The lowest BCUT2D eigenvalue weighted by Crippen LogP contribution is -2.20. The Bertz CT molecular complexity index is 684. The van der Waals surface area contributed by atoms with Crippen LogP contribution in [0.25, 0.3) is 0 Å². The van der Waals surface area contributed by atoms with Crippen molar-refractivity contribution >= 4 is 35.1 Å². The van der Waals surface area contributed by atoms with E-state index < -0.39 is 23.7 Å². The molecule has 8 heteroatoms. The number of carbonyl (C=O) groups is 2. The lowest BCUT2D eigenvalue weighted by Gasteiger charge is -2.16. The molecule has 0 radical (unpaired) electrons. The van der Waals surface area contributed by atoms with Crippen molar-refractivity contribution in [2.24, 2.45) is 5.92 Å². The second-order valence-corrected chi connectivity index (χ2v) is 6.26. The molecule has 0 bridgehead atoms. The highest BCUT2D eigenvalue weighted by Crippen LogP contribution is 2.46. The fourth-order valence-electron chi connectivity index (χ4n) is 2.40. The summed E-state index contributed by atoms with van der Waals surface area (Å²) in [5.41, 5.74) is 0.0978. The summed E-state index contributed by atoms with van der Waals surface area (Å²) in [5.74, 6) is -2.63. The third-order valence-corrected chi connectivity index (χ3v) is 4.58. The number of hydrogen-bond acceptors (Lipinski definition) is 5. The molecular formula is C17H18Cl2FNO4. The van der Waals surface area contributed by atoms with Gasteiger partial charge in [0.25, 0.3) is 0 Å². The molecule has 1 aromatic heterocycles. The SMILES string of the molecule is CCOC(=O)C(=CC(c1ncc(F)c(Cl)c1Cl)C1CC1)C(=O)OCC. The number of esters is 2. The van der Waals surface area contributed by atoms with Gasteiger partial charge in [-0.25, -0.2) is 14.0 Å². The van der Waals surface area contributed by atoms with E-state index in [2.05, 4.69) is 4.98 Å². The van der Waals surface area contributed by atoms with Gasteiger partial charge in [-0.15, -0.1) is 0 Å². The molecule has 25 heavy (non-hydrogen) atoms. The molecule has 2 rings (SSSR count). The minimum atomic E-state index is -0.782. The maximum Gasteiger partial charge on any atom is 0.345 e. The largest absolute Gasteiger partial charge is 0.462 e. The number of halogens is 3. The quantitative estimate of drug-likeness (QED) is 0.304. The van der Waals surface area contributed by atoms with Gasteiger partial charge in [0, 0.05) is 5.92 Å². The standard InChI is InChI=1S/C17H18Cl2FNO4/c1-3-24-16(22)11(17(23)25-4-2)7-10(9-5-6-9)15-14(19)13(18)12(20)8-21-15/h7-10H,3-6H2,1-2H3. The van der Waals surface area contributed by atoms with Gasteiger partial charge in [0.2, 0.25) is 0 Å². The van der Waals surface area contributed by atoms with Crippen LogP contribution in [0.3, 0.4) is 0 Å². The van der Waals surface area contributed by atoms with Crippen molar-refractivity contribution in [3.05, 3.63) is 39.4 Å². The number of nitrogens with zero attached hydrogens (tertiary/aromatic N) is 1. The first-order chi connectivity index (χ1) is 11.9. The van der Waals surface area contributed by atoms with Crippen LogP contribution in [-0.2, 0) is 19.1 Å². The summed E-state index contributed by atoms with van der Waals surface area (Å²) in [4.78, 5) is 28.3.